The molecule has 0 saturated carbocycles. The summed E-state index contributed by atoms with van der Waals surface area (Å²) in [5, 5.41) is 7.94. The van der Waals surface area contributed by atoms with Crippen LogP contribution in [-0.4, -0.2) is 37.6 Å². The van der Waals surface area contributed by atoms with E-state index in [0.29, 0.717) is 5.41 Å². The fraction of sp³-hybridized carbons (Fsp3) is 0.714. The van der Waals surface area contributed by atoms with Crippen LogP contribution >= 0.6 is 11.3 Å². The first-order chi connectivity index (χ1) is 8.16. The molecule has 0 atom stereocenters. The van der Waals surface area contributed by atoms with Gasteiger partial charge in [-0.2, -0.15) is 11.3 Å². The third-order valence-corrected chi connectivity index (χ3v) is 4.26. The SMILES string of the molecule is CC1(C)CCN(CCNCCc2ccsc2)C1. The maximum Gasteiger partial charge on any atom is 0.0107 e. The largest absolute Gasteiger partial charge is 0.315 e. The lowest BCUT2D eigenvalue weighted by Crippen LogP contribution is -2.32. The molecule has 0 aromatic carbocycles. The molecule has 3 heteroatoms. The van der Waals surface area contributed by atoms with Crippen LogP contribution in [0.4, 0.5) is 0 Å². The van der Waals surface area contributed by atoms with Crippen LogP contribution in [-0.2, 0) is 6.42 Å². The molecule has 0 unspecified atom stereocenters. The summed E-state index contributed by atoms with van der Waals surface area (Å²) in [4.78, 5) is 2.58. The zero-order chi connectivity index (χ0) is 12.1. The van der Waals surface area contributed by atoms with E-state index in [0.717, 1.165) is 19.5 Å². The summed E-state index contributed by atoms with van der Waals surface area (Å²) >= 11 is 1.79. The van der Waals surface area contributed by atoms with Gasteiger partial charge >= 0.3 is 0 Å². The number of nitrogens with zero attached hydrogens (tertiary/aromatic N) is 1. The summed E-state index contributed by atoms with van der Waals surface area (Å²) in [5.74, 6) is 0. The number of rotatable bonds is 6. The minimum Gasteiger partial charge on any atom is -0.315 e. The lowest BCUT2D eigenvalue weighted by molar-refractivity contribution is 0.290. The summed E-state index contributed by atoms with van der Waals surface area (Å²) in [6.45, 7) is 10.7. The van der Waals surface area contributed by atoms with Crippen molar-refractivity contribution in [2.45, 2.75) is 26.7 Å². The first kappa shape index (κ1) is 13.1. The number of nitrogens with one attached hydrogen (secondary N) is 1. The van der Waals surface area contributed by atoms with Gasteiger partial charge < -0.3 is 10.2 Å². The molecule has 96 valence electrons. The van der Waals surface area contributed by atoms with Gasteiger partial charge in [0.15, 0.2) is 0 Å². The first-order valence-electron chi connectivity index (χ1n) is 6.60. The van der Waals surface area contributed by atoms with Crippen molar-refractivity contribution >= 4 is 11.3 Å². The van der Waals surface area contributed by atoms with E-state index in [1.807, 2.05) is 0 Å². The topological polar surface area (TPSA) is 15.3 Å². The molecule has 0 spiro atoms. The molecular weight excluding hydrogens is 228 g/mol. The summed E-state index contributed by atoms with van der Waals surface area (Å²) in [5.41, 5.74) is 2.00. The van der Waals surface area contributed by atoms with Crippen LogP contribution < -0.4 is 5.32 Å². The van der Waals surface area contributed by atoms with Crippen molar-refractivity contribution in [3.63, 3.8) is 0 Å². The molecular formula is C14H24N2S. The van der Waals surface area contributed by atoms with Crippen molar-refractivity contribution in [3.8, 4) is 0 Å². The van der Waals surface area contributed by atoms with E-state index in [9.17, 15) is 0 Å². The van der Waals surface area contributed by atoms with Crippen LogP contribution in [0.15, 0.2) is 16.8 Å². The second kappa shape index (κ2) is 5.98. The number of hydrogen-bond donors (Lipinski definition) is 1. The molecule has 2 nitrogen and oxygen atoms in total. The van der Waals surface area contributed by atoms with E-state index in [1.54, 1.807) is 11.3 Å². The second-order valence-electron chi connectivity index (χ2n) is 5.82. The first-order valence-corrected chi connectivity index (χ1v) is 7.54. The van der Waals surface area contributed by atoms with Crippen LogP contribution in [0.2, 0.25) is 0 Å². The summed E-state index contributed by atoms with van der Waals surface area (Å²) in [6.07, 6.45) is 2.51. The van der Waals surface area contributed by atoms with Gasteiger partial charge in [0.05, 0.1) is 0 Å². The Morgan fingerprint density at radius 3 is 2.94 bits per heavy atom. The maximum absolute atomic E-state index is 3.54. The molecule has 2 rings (SSSR count). The monoisotopic (exact) mass is 252 g/mol. The Morgan fingerprint density at radius 2 is 2.29 bits per heavy atom. The van der Waals surface area contributed by atoms with E-state index in [1.165, 1.54) is 31.6 Å². The minimum absolute atomic E-state index is 0.538. The van der Waals surface area contributed by atoms with Crippen LogP contribution in [0.3, 0.4) is 0 Å². The van der Waals surface area contributed by atoms with Gasteiger partial charge in [0.2, 0.25) is 0 Å². The molecule has 1 fully saturated rings. The molecule has 0 aliphatic carbocycles. The molecule has 1 aliphatic heterocycles. The summed E-state index contributed by atoms with van der Waals surface area (Å²) in [6, 6.07) is 2.22. The standard InChI is InChI=1S/C14H24N2S/c1-14(2)5-8-16(12-14)9-7-15-6-3-13-4-10-17-11-13/h4,10-11,15H,3,5-9,12H2,1-2H3. The average molecular weight is 252 g/mol. The van der Waals surface area contributed by atoms with E-state index >= 15 is 0 Å². The Morgan fingerprint density at radius 1 is 1.41 bits per heavy atom. The third kappa shape index (κ3) is 4.41. The van der Waals surface area contributed by atoms with E-state index < -0.39 is 0 Å². The van der Waals surface area contributed by atoms with Crippen molar-refractivity contribution < 1.29 is 0 Å². The van der Waals surface area contributed by atoms with Crippen molar-refractivity contribution in [1.29, 1.82) is 0 Å². The number of hydrogen-bond acceptors (Lipinski definition) is 3. The predicted octanol–water partition coefficient (Wildman–Crippen LogP) is 2.61. The van der Waals surface area contributed by atoms with E-state index in [2.05, 4.69) is 40.9 Å². The van der Waals surface area contributed by atoms with Crippen LogP contribution in [0.1, 0.15) is 25.8 Å². The predicted molar refractivity (Wildman–Crippen MR) is 75.7 cm³/mol. The Balaban J connectivity index is 1.52. The molecule has 0 radical (unpaired) electrons. The highest BCUT2D eigenvalue weighted by atomic mass is 32.1. The average Bonchev–Trinajstić information content (AvgIpc) is 2.88. The Labute approximate surface area is 109 Å². The lowest BCUT2D eigenvalue weighted by Gasteiger charge is -2.19. The van der Waals surface area contributed by atoms with Gasteiger partial charge in [-0.25, -0.2) is 0 Å². The zero-order valence-electron chi connectivity index (χ0n) is 11.0. The molecule has 2 heterocycles. The minimum atomic E-state index is 0.538. The van der Waals surface area contributed by atoms with Gasteiger partial charge in [-0.1, -0.05) is 13.8 Å². The maximum atomic E-state index is 3.54. The highest BCUT2D eigenvalue weighted by molar-refractivity contribution is 7.07. The summed E-state index contributed by atoms with van der Waals surface area (Å²) in [7, 11) is 0. The van der Waals surface area contributed by atoms with Crippen molar-refractivity contribution in [2.24, 2.45) is 5.41 Å². The number of thiophene rings is 1. The zero-order valence-corrected chi connectivity index (χ0v) is 11.9. The third-order valence-electron chi connectivity index (χ3n) is 3.53. The molecule has 0 bridgehead atoms. The van der Waals surface area contributed by atoms with Crippen molar-refractivity contribution in [1.82, 2.24) is 10.2 Å². The van der Waals surface area contributed by atoms with Gasteiger partial charge in [0, 0.05) is 19.6 Å². The molecule has 1 N–H and O–H groups in total. The van der Waals surface area contributed by atoms with Gasteiger partial charge in [-0.15, -0.1) is 0 Å². The van der Waals surface area contributed by atoms with Crippen molar-refractivity contribution in [3.05, 3.63) is 22.4 Å². The fourth-order valence-corrected chi connectivity index (χ4v) is 3.15. The smallest absolute Gasteiger partial charge is 0.0107 e. The van der Waals surface area contributed by atoms with Crippen LogP contribution in [0.5, 0.6) is 0 Å². The van der Waals surface area contributed by atoms with E-state index in [-0.39, 0.29) is 0 Å². The lowest BCUT2D eigenvalue weighted by atomic mass is 9.93. The second-order valence-corrected chi connectivity index (χ2v) is 6.60. The molecule has 0 amide bonds. The van der Waals surface area contributed by atoms with Crippen molar-refractivity contribution in [2.75, 3.05) is 32.7 Å². The van der Waals surface area contributed by atoms with Gasteiger partial charge in [-0.3, -0.25) is 0 Å². The summed E-state index contributed by atoms with van der Waals surface area (Å²) < 4.78 is 0. The van der Waals surface area contributed by atoms with Gasteiger partial charge in [-0.05, 0) is 53.7 Å². The Bertz CT molecular complexity index is 319. The Hall–Kier alpha value is -0.380. The highest BCUT2D eigenvalue weighted by Gasteiger charge is 2.28. The normalized spacial score (nSPS) is 19.9. The quantitative estimate of drug-likeness (QED) is 0.783. The molecule has 1 aliphatic rings. The molecule has 17 heavy (non-hydrogen) atoms. The highest BCUT2D eigenvalue weighted by Crippen LogP contribution is 2.28. The van der Waals surface area contributed by atoms with Gasteiger partial charge in [0.25, 0.3) is 0 Å². The van der Waals surface area contributed by atoms with Crippen LogP contribution in [0, 0.1) is 5.41 Å². The Kier molecular flexibility index (Phi) is 4.60. The molecule has 1 aromatic rings. The van der Waals surface area contributed by atoms with Crippen LogP contribution in [0.25, 0.3) is 0 Å². The van der Waals surface area contributed by atoms with E-state index in [4.69, 9.17) is 0 Å². The molecule has 1 aromatic heterocycles. The fourth-order valence-electron chi connectivity index (χ4n) is 2.44. The molecule has 1 saturated heterocycles. The van der Waals surface area contributed by atoms with Gasteiger partial charge in [0.1, 0.15) is 0 Å². The number of likely N-dealkylation sites (tertiary alicyclic amines) is 1.